The Morgan fingerprint density at radius 3 is 2.29 bits per heavy atom. The number of hydrogen-bond donors (Lipinski definition) is 2. The highest BCUT2D eigenvalue weighted by atomic mass is 35.5. The zero-order chi connectivity index (χ0) is 43.8. The predicted octanol–water partition coefficient (Wildman–Crippen LogP) is 7.89. The number of sulfonamides is 1. The number of aliphatic hydroxyl groups is 1. The number of nitrogens with one attached hydrogen (secondary N) is 1. The van der Waals surface area contributed by atoms with E-state index in [4.69, 9.17) is 32.9 Å². The lowest BCUT2D eigenvalue weighted by atomic mass is 10.0. The van der Waals surface area contributed by atoms with Crippen LogP contribution < -0.4 is 10.9 Å². The van der Waals surface area contributed by atoms with Gasteiger partial charge in [-0.2, -0.15) is 18.2 Å². The molecule has 324 valence electrons. The van der Waals surface area contributed by atoms with E-state index >= 15 is 8.78 Å². The van der Waals surface area contributed by atoms with Gasteiger partial charge in [-0.25, -0.2) is 31.0 Å². The number of halogens is 8. The Kier molecular flexibility index (Phi) is 11.0. The van der Waals surface area contributed by atoms with E-state index in [1.54, 1.807) is 24.3 Å². The molecule has 2 fully saturated rings. The van der Waals surface area contributed by atoms with Gasteiger partial charge in [-0.05, 0) is 90.6 Å². The Balaban J connectivity index is 1.19. The number of aromatic nitrogens is 4. The zero-order valence-corrected chi connectivity index (χ0v) is 34.4. The molecule has 62 heavy (non-hydrogen) atoms. The van der Waals surface area contributed by atoms with Gasteiger partial charge in [0.25, 0.3) is 17.9 Å². The van der Waals surface area contributed by atoms with Gasteiger partial charge in [0, 0.05) is 46.2 Å². The van der Waals surface area contributed by atoms with Gasteiger partial charge >= 0.3 is 0 Å². The molecule has 2 aliphatic carbocycles. The molecule has 4 atom stereocenters. The minimum absolute atomic E-state index is 0.0169. The van der Waals surface area contributed by atoms with Crippen LogP contribution in [0.4, 0.5) is 26.3 Å². The van der Waals surface area contributed by atoms with Gasteiger partial charge in [0.2, 0.25) is 10.0 Å². The number of rotatable bonds is 12. The fraction of sp³-hybridized carbons (Fsp3) is 0.310. The van der Waals surface area contributed by atoms with E-state index in [0.717, 1.165) is 16.7 Å². The second-order valence-electron chi connectivity index (χ2n) is 15.4. The van der Waals surface area contributed by atoms with Crippen LogP contribution in [0.15, 0.2) is 88.6 Å². The van der Waals surface area contributed by atoms with Crippen LogP contribution >= 0.6 is 23.2 Å². The second kappa shape index (κ2) is 16.1. The second-order valence-corrected chi connectivity index (χ2v) is 18.1. The van der Waals surface area contributed by atoms with Gasteiger partial charge in [0.15, 0.2) is 0 Å². The molecule has 9 rings (SSSR count). The number of aliphatic hydroxyl groups excluding tert-OH is 1. The summed E-state index contributed by atoms with van der Waals surface area (Å²) in [6.07, 6.45) is -5.40. The first-order valence-corrected chi connectivity index (χ1v) is 21.6. The number of hydrogen-bond acceptors (Lipinski definition) is 8. The summed E-state index contributed by atoms with van der Waals surface area (Å²) in [5, 5.41) is 18.9. The van der Waals surface area contributed by atoms with Crippen LogP contribution in [-0.4, -0.2) is 69.7 Å². The maximum absolute atomic E-state index is 15.5. The normalized spacial score (nSPS) is 19.5. The van der Waals surface area contributed by atoms with Crippen molar-refractivity contribution in [3.8, 4) is 16.8 Å². The van der Waals surface area contributed by atoms with Crippen molar-refractivity contribution in [1.29, 1.82) is 0 Å². The van der Waals surface area contributed by atoms with E-state index in [1.165, 1.54) is 40.7 Å². The summed E-state index contributed by atoms with van der Waals surface area (Å²) in [5.74, 6) is -7.54. The molecule has 3 aliphatic rings. The van der Waals surface area contributed by atoms with Crippen LogP contribution in [0.5, 0.6) is 0 Å². The van der Waals surface area contributed by atoms with Gasteiger partial charge < -0.3 is 9.84 Å². The molecule has 1 unspecified atom stereocenters. The fourth-order valence-electron chi connectivity index (χ4n) is 8.55. The highest BCUT2D eigenvalue weighted by molar-refractivity contribution is 7.89. The molecule has 1 saturated carbocycles. The molecule has 6 aromatic rings. The van der Waals surface area contributed by atoms with E-state index in [0.29, 0.717) is 21.9 Å². The average Bonchev–Trinajstić information content (AvgIpc) is 3.89. The molecule has 11 nitrogen and oxygen atoms in total. The molecule has 0 spiro atoms. The van der Waals surface area contributed by atoms with Crippen molar-refractivity contribution in [3.63, 3.8) is 0 Å². The third-order valence-electron chi connectivity index (χ3n) is 11.4. The Labute approximate surface area is 359 Å². The topological polar surface area (TPSA) is 132 Å². The molecular formula is C42H34Cl2F6N6O5S. The molecule has 1 saturated heterocycles. The smallest absolute Gasteiger partial charge is 0.293 e. The van der Waals surface area contributed by atoms with E-state index in [1.807, 2.05) is 0 Å². The molecule has 0 amide bonds. The molecule has 3 heterocycles. The Morgan fingerprint density at radius 2 is 1.63 bits per heavy atom. The van der Waals surface area contributed by atoms with Crippen molar-refractivity contribution in [2.24, 2.45) is 5.92 Å². The summed E-state index contributed by atoms with van der Waals surface area (Å²) in [7, 11) is -3.98. The van der Waals surface area contributed by atoms with E-state index < -0.39 is 81.6 Å². The van der Waals surface area contributed by atoms with Crippen molar-refractivity contribution in [1.82, 2.24) is 29.0 Å². The van der Waals surface area contributed by atoms with Crippen molar-refractivity contribution in [2.75, 3.05) is 26.3 Å². The minimum atomic E-state index is -3.98. The standard InChI is InChI=1S/C42H34Cl2F6N6O5S/c43-30-2-1-3-31(44)35(30)22-4-9-27-32(17-22)52-40(56(41(27)58)25-5-7-26(8-6-25)62(59,60)54-10-12-61-13-11-54)33(16-21-14-23(45)18-24(46)15-21)51-34(57)20-55-38-36(37(53-55)39(47)48)28-19-29(28)42(38,49)50/h1-9,14-15,17-18,28-29,33-34,39,51,57H,10-13,16,19-20H2/t28-,29+,33-,34?/m0/s1. The minimum Gasteiger partial charge on any atom is -0.379 e. The highest BCUT2D eigenvalue weighted by Gasteiger charge is 2.67. The number of nitrogens with zero attached hydrogens (tertiary/aromatic N) is 5. The lowest BCUT2D eigenvalue weighted by molar-refractivity contribution is -0.0334. The maximum Gasteiger partial charge on any atom is 0.293 e. The maximum atomic E-state index is 15.5. The monoisotopic (exact) mass is 918 g/mol. The first-order chi connectivity index (χ1) is 29.5. The van der Waals surface area contributed by atoms with Crippen LogP contribution in [0.1, 0.15) is 53.1 Å². The van der Waals surface area contributed by atoms with Crippen molar-refractivity contribution >= 4 is 44.1 Å². The molecule has 1 aliphatic heterocycles. The molecule has 2 aromatic heterocycles. The number of morpholine rings is 1. The molecule has 4 aromatic carbocycles. The first-order valence-electron chi connectivity index (χ1n) is 19.4. The molecule has 0 radical (unpaired) electrons. The van der Waals surface area contributed by atoms with Crippen LogP contribution in [0.25, 0.3) is 27.7 Å². The number of alkyl halides is 4. The molecular weight excluding hydrogens is 885 g/mol. The van der Waals surface area contributed by atoms with Crippen LogP contribution in [0, 0.1) is 17.6 Å². The molecule has 0 bridgehead atoms. The Morgan fingerprint density at radius 1 is 0.952 bits per heavy atom. The first kappa shape index (κ1) is 42.5. The number of fused-ring (bicyclic) bond motifs is 4. The van der Waals surface area contributed by atoms with Crippen molar-refractivity contribution in [3.05, 3.63) is 139 Å². The zero-order valence-electron chi connectivity index (χ0n) is 32.1. The average molecular weight is 920 g/mol. The largest absolute Gasteiger partial charge is 0.379 e. The SMILES string of the molecule is O=c1c2ccc(-c3c(Cl)cccc3Cl)cc2nc([C@H](Cc2cc(F)cc(F)c2)NC(O)Cn2nc(C(F)F)c3c2C(F)(F)[C@@H]2C[C@H]32)n1-c1ccc(S(=O)(=O)N2CCOCC2)cc1. The Bertz CT molecular complexity index is 2870. The lowest BCUT2D eigenvalue weighted by Gasteiger charge is -2.27. The predicted molar refractivity (Wildman–Crippen MR) is 216 cm³/mol. The summed E-state index contributed by atoms with van der Waals surface area (Å²) in [5.41, 5.74) is -1.39. The van der Waals surface area contributed by atoms with Gasteiger partial charge in [-0.1, -0.05) is 35.3 Å². The molecule has 2 N–H and O–H groups in total. The fourth-order valence-corrected chi connectivity index (χ4v) is 10.6. The van der Waals surface area contributed by atoms with E-state index in [9.17, 15) is 35.9 Å². The van der Waals surface area contributed by atoms with Crippen LogP contribution in [0.3, 0.4) is 0 Å². The Hall–Kier alpha value is -4.82. The van der Waals surface area contributed by atoms with Gasteiger partial charge in [-0.15, -0.1) is 0 Å². The summed E-state index contributed by atoms with van der Waals surface area (Å²) >= 11 is 13.1. The van der Waals surface area contributed by atoms with Gasteiger partial charge in [-0.3, -0.25) is 19.4 Å². The summed E-state index contributed by atoms with van der Waals surface area (Å²) in [6.45, 7) is -0.108. The highest BCUT2D eigenvalue weighted by Crippen LogP contribution is 2.68. The summed E-state index contributed by atoms with van der Waals surface area (Å²) < 4.78 is 124. The van der Waals surface area contributed by atoms with E-state index in [-0.39, 0.29) is 87.6 Å². The lowest BCUT2D eigenvalue weighted by Crippen LogP contribution is -2.41. The van der Waals surface area contributed by atoms with Crippen LogP contribution in [0.2, 0.25) is 10.0 Å². The summed E-state index contributed by atoms with van der Waals surface area (Å²) in [6, 6.07) is 16.1. The van der Waals surface area contributed by atoms with Crippen molar-refractivity contribution in [2.45, 2.75) is 54.8 Å². The van der Waals surface area contributed by atoms with E-state index in [2.05, 4.69) is 10.4 Å². The molecule has 20 heteroatoms. The van der Waals surface area contributed by atoms with Gasteiger partial charge in [0.1, 0.15) is 35.1 Å². The number of benzene rings is 4. The third-order valence-corrected chi connectivity index (χ3v) is 14.0. The summed E-state index contributed by atoms with van der Waals surface area (Å²) in [4.78, 5) is 19.5. The quantitative estimate of drug-likeness (QED) is 0.0937. The van der Waals surface area contributed by atoms with Gasteiger partial charge in [0.05, 0.1) is 47.3 Å². The third kappa shape index (κ3) is 7.58. The van der Waals surface area contributed by atoms with Crippen molar-refractivity contribution < 1.29 is 44.6 Å². The van der Waals surface area contributed by atoms with Crippen LogP contribution in [-0.2, 0) is 33.6 Å². The number of ether oxygens (including phenoxy) is 1.